The van der Waals surface area contributed by atoms with Gasteiger partial charge < -0.3 is 20.5 Å². The molecule has 4 heterocycles. The average Bonchev–Trinajstić information content (AvgIpc) is 3.50. The number of anilines is 1. The van der Waals surface area contributed by atoms with E-state index in [0.29, 0.717) is 30.7 Å². The first kappa shape index (κ1) is 23.0. The normalized spacial score (nSPS) is 15.2. The lowest BCUT2D eigenvalue weighted by Gasteiger charge is -2.13. The molecule has 1 atom stereocenters. The van der Waals surface area contributed by atoms with Gasteiger partial charge in [-0.15, -0.1) is 0 Å². The Hall–Kier alpha value is -4.80. The molecule has 1 amide bonds. The Morgan fingerprint density at radius 3 is 2.75 bits per heavy atom. The summed E-state index contributed by atoms with van der Waals surface area (Å²) in [5, 5.41) is 9.13. The number of nitrogens with two attached hydrogens (primary N) is 1. The van der Waals surface area contributed by atoms with Crippen molar-refractivity contribution in [3.63, 3.8) is 0 Å². The molecule has 36 heavy (non-hydrogen) atoms. The molecule has 0 bridgehead atoms. The second-order valence-corrected chi connectivity index (χ2v) is 8.25. The second-order valence-electron chi connectivity index (χ2n) is 8.25. The van der Waals surface area contributed by atoms with E-state index in [1.807, 2.05) is 0 Å². The molecule has 4 aromatic rings. The predicted molar refractivity (Wildman–Crippen MR) is 128 cm³/mol. The minimum atomic E-state index is -1.13. The molecule has 3 aromatic heterocycles. The monoisotopic (exact) mass is 488 g/mol. The number of carboxylic acid groups (broad SMARTS) is 1. The first-order valence-corrected chi connectivity index (χ1v) is 11.1. The summed E-state index contributed by atoms with van der Waals surface area (Å²) in [6.45, 7) is 4.59. The van der Waals surface area contributed by atoms with Crippen LogP contribution in [0.3, 0.4) is 0 Å². The molecule has 1 saturated heterocycles. The number of carboxylic acids is 1. The van der Waals surface area contributed by atoms with Gasteiger partial charge in [0.15, 0.2) is 5.82 Å². The number of rotatable bonds is 6. The summed E-state index contributed by atoms with van der Waals surface area (Å²) in [5.41, 5.74) is 7.71. The summed E-state index contributed by atoms with van der Waals surface area (Å²) in [5.74, 6) is -1.39. The number of nitrogen functional groups attached to an aromatic ring is 1. The van der Waals surface area contributed by atoms with Crippen LogP contribution in [-0.2, 0) is 4.79 Å². The third kappa shape index (κ3) is 4.11. The molecular formula is C25H21FN6O4. The molecule has 0 spiro atoms. The molecule has 1 unspecified atom stereocenters. The van der Waals surface area contributed by atoms with E-state index < -0.39 is 11.8 Å². The van der Waals surface area contributed by atoms with Gasteiger partial charge in [-0.25, -0.2) is 24.1 Å². The zero-order valence-corrected chi connectivity index (χ0v) is 19.0. The molecule has 3 N–H and O–H groups in total. The third-order valence-electron chi connectivity index (χ3n) is 6.06. The van der Waals surface area contributed by atoms with Gasteiger partial charge in [0.1, 0.15) is 11.6 Å². The standard InChI is InChI=1S/C25H21FN6O4/c1-2-21(33)31-10-7-15(13-31)22-19-6-9-29-25(27)32(19)23(30-22)17-4-3-16(12-18(17)26)36-20-11-14(24(34)35)5-8-28-20/h2-6,8-9,11-12,15H,1,7,10,13H2,(H2,27,29)(H,34,35). The smallest absolute Gasteiger partial charge is 0.335 e. The highest BCUT2D eigenvalue weighted by Gasteiger charge is 2.31. The van der Waals surface area contributed by atoms with Crippen LogP contribution in [0, 0.1) is 5.82 Å². The SMILES string of the molecule is C=CC(=O)N1CCC(c2nc(-c3ccc(Oc4cc(C(=O)O)ccn4)cc3F)n3c(N)nccc23)C1. The number of hydrogen-bond acceptors (Lipinski definition) is 7. The van der Waals surface area contributed by atoms with Gasteiger partial charge in [0, 0.05) is 43.5 Å². The number of benzene rings is 1. The highest BCUT2D eigenvalue weighted by Crippen LogP contribution is 2.35. The van der Waals surface area contributed by atoms with E-state index in [-0.39, 0.29) is 46.4 Å². The number of amides is 1. The fraction of sp³-hybridized carbons (Fsp3) is 0.160. The van der Waals surface area contributed by atoms with E-state index in [1.165, 1.54) is 36.5 Å². The number of ether oxygens (including phenoxy) is 1. The lowest BCUT2D eigenvalue weighted by Crippen LogP contribution is -2.26. The van der Waals surface area contributed by atoms with Crippen molar-refractivity contribution in [2.75, 3.05) is 18.8 Å². The number of imidazole rings is 1. The van der Waals surface area contributed by atoms with Crippen LogP contribution in [0.1, 0.15) is 28.4 Å². The van der Waals surface area contributed by atoms with Crippen molar-refractivity contribution < 1.29 is 23.8 Å². The summed E-state index contributed by atoms with van der Waals surface area (Å²) < 4.78 is 22.5. The van der Waals surface area contributed by atoms with Crippen molar-refractivity contribution in [2.45, 2.75) is 12.3 Å². The van der Waals surface area contributed by atoms with Gasteiger partial charge in [0.05, 0.1) is 22.3 Å². The lowest BCUT2D eigenvalue weighted by atomic mass is 10.0. The summed E-state index contributed by atoms with van der Waals surface area (Å²) in [4.78, 5) is 37.8. The maximum Gasteiger partial charge on any atom is 0.335 e. The third-order valence-corrected chi connectivity index (χ3v) is 6.06. The van der Waals surface area contributed by atoms with E-state index in [2.05, 4.69) is 16.5 Å². The first-order valence-electron chi connectivity index (χ1n) is 11.1. The van der Waals surface area contributed by atoms with Crippen molar-refractivity contribution >= 4 is 23.3 Å². The van der Waals surface area contributed by atoms with Gasteiger partial charge in [-0.3, -0.25) is 9.20 Å². The number of halogens is 1. The Morgan fingerprint density at radius 1 is 1.19 bits per heavy atom. The summed E-state index contributed by atoms with van der Waals surface area (Å²) in [6.07, 6.45) is 4.84. The Morgan fingerprint density at radius 2 is 2.00 bits per heavy atom. The van der Waals surface area contributed by atoms with Crippen LogP contribution < -0.4 is 10.5 Å². The van der Waals surface area contributed by atoms with E-state index in [0.717, 1.165) is 6.07 Å². The van der Waals surface area contributed by atoms with Gasteiger partial charge in [-0.1, -0.05) is 6.58 Å². The summed E-state index contributed by atoms with van der Waals surface area (Å²) >= 11 is 0. The van der Waals surface area contributed by atoms with E-state index >= 15 is 4.39 Å². The summed E-state index contributed by atoms with van der Waals surface area (Å²) in [7, 11) is 0. The zero-order valence-electron chi connectivity index (χ0n) is 19.0. The predicted octanol–water partition coefficient (Wildman–Crippen LogP) is 3.51. The molecule has 0 saturated carbocycles. The largest absolute Gasteiger partial charge is 0.478 e. The fourth-order valence-corrected chi connectivity index (χ4v) is 4.34. The lowest BCUT2D eigenvalue weighted by molar-refractivity contribution is -0.125. The Labute approximate surface area is 204 Å². The molecule has 11 heteroatoms. The maximum absolute atomic E-state index is 15.3. The molecule has 182 valence electrons. The van der Waals surface area contributed by atoms with Gasteiger partial charge in [0.25, 0.3) is 0 Å². The molecule has 5 rings (SSSR count). The van der Waals surface area contributed by atoms with Gasteiger partial charge in [-0.05, 0) is 36.8 Å². The Bertz CT molecular complexity index is 1520. The minimum Gasteiger partial charge on any atom is -0.478 e. The average molecular weight is 488 g/mol. The highest BCUT2D eigenvalue weighted by atomic mass is 19.1. The Kier molecular flexibility index (Phi) is 5.80. The van der Waals surface area contributed by atoms with Crippen molar-refractivity contribution in [3.05, 3.63) is 78.5 Å². The van der Waals surface area contributed by atoms with Crippen LogP contribution in [-0.4, -0.2) is 54.3 Å². The van der Waals surface area contributed by atoms with Crippen LogP contribution in [0.2, 0.25) is 0 Å². The topological polar surface area (TPSA) is 136 Å². The van der Waals surface area contributed by atoms with Gasteiger partial charge in [-0.2, -0.15) is 0 Å². The number of nitrogens with zero attached hydrogens (tertiary/aromatic N) is 5. The molecule has 1 aliphatic rings. The van der Waals surface area contributed by atoms with E-state index in [9.17, 15) is 9.59 Å². The zero-order chi connectivity index (χ0) is 25.4. The van der Waals surface area contributed by atoms with Crippen molar-refractivity contribution in [3.8, 4) is 23.0 Å². The number of aromatic nitrogens is 4. The maximum atomic E-state index is 15.3. The molecule has 10 nitrogen and oxygen atoms in total. The molecule has 1 fully saturated rings. The van der Waals surface area contributed by atoms with Gasteiger partial charge in [0.2, 0.25) is 17.7 Å². The molecule has 0 radical (unpaired) electrons. The molecule has 1 aliphatic heterocycles. The van der Waals surface area contributed by atoms with Crippen molar-refractivity contribution in [2.24, 2.45) is 0 Å². The van der Waals surface area contributed by atoms with E-state index in [4.69, 9.17) is 20.6 Å². The second kappa shape index (κ2) is 9.10. The summed E-state index contributed by atoms with van der Waals surface area (Å²) in [6, 6.07) is 8.53. The number of pyridine rings is 1. The van der Waals surface area contributed by atoms with Crippen LogP contribution in [0.5, 0.6) is 11.6 Å². The van der Waals surface area contributed by atoms with Crippen LogP contribution >= 0.6 is 0 Å². The number of carbonyl (C=O) groups excluding carboxylic acids is 1. The van der Waals surface area contributed by atoms with Crippen LogP contribution in [0.15, 0.2) is 61.4 Å². The van der Waals surface area contributed by atoms with Gasteiger partial charge >= 0.3 is 5.97 Å². The van der Waals surface area contributed by atoms with Crippen molar-refractivity contribution in [1.29, 1.82) is 0 Å². The molecule has 1 aromatic carbocycles. The molecular weight excluding hydrogens is 467 g/mol. The Balaban J connectivity index is 1.50. The number of aromatic carboxylic acids is 1. The van der Waals surface area contributed by atoms with Crippen LogP contribution in [0.4, 0.5) is 10.3 Å². The first-order chi connectivity index (χ1) is 17.4. The quantitative estimate of drug-likeness (QED) is 0.394. The van der Waals surface area contributed by atoms with E-state index in [1.54, 1.807) is 21.6 Å². The number of carbonyl (C=O) groups is 2. The molecule has 0 aliphatic carbocycles. The van der Waals surface area contributed by atoms with Crippen molar-refractivity contribution in [1.82, 2.24) is 24.3 Å². The number of likely N-dealkylation sites (tertiary alicyclic amines) is 1. The fourth-order valence-electron chi connectivity index (χ4n) is 4.34. The number of hydrogen-bond donors (Lipinski definition) is 2. The van der Waals surface area contributed by atoms with Crippen LogP contribution in [0.25, 0.3) is 16.9 Å². The number of fused-ring (bicyclic) bond motifs is 1. The highest BCUT2D eigenvalue weighted by molar-refractivity contribution is 5.88. The minimum absolute atomic E-state index is 0.00304.